The third kappa shape index (κ3) is 5.44. The Labute approximate surface area is 205 Å². The van der Waals surface area contributed by atoms with E-state index in [4.69, 9.17) is 20.2 Å². The van der Waals surface area contributed by atoms with Crippen molar-refractivity contribution in [3.8, 4) is 18.1 Å². The van der Waals surface area contributed by atoms with Gasteiger partial charge in [0.1, 0.15) is 23.5 Å². The van der Waals surface area contributed by atoms with E-state index in [0.29, 0.717) is 0 Å². The molecule has 6 atom stereocenters. The Kier molecular flexibility index (Phi) is 7.90. The average Bonchev–Trinajstić information content (AvgIpc) is 3.08. The Hall–Kier alpha value is -3.24. The highest BCUT2D eigenvalue weighted by molar-refractivity contribution is 7.52. The number of H-pyrrole nitrogens is 1. The molecule has 1 aliphatic rings. The number of rotatable bonds is 10. The van der Waals surface area contributed by atoms with Gasteiger partial charge in [0, 0.05) is 12.3 Å². The number of aliphatic hydroxyl groups is 2. The average molecular weight is 523 g/mol. The lowest BCUT2D eigenvalue weighted by molar-refractivity contribution is -0.143. The van der Waals surface area contributed by atoms with Crippen molar-refractivity contribution in [3.05, 3.63) is 63.4 Å². The number of aromatic nitrogens is 2. The largest absolute Gasteiger partial charge is 0.480 e. The molecule has 13 nitrogen and oxygen atoms in total. The minimum absolute atomic E-state index is 0.00440. The van der Waals surface area contributed by atoms with Gasteiger partial charge >= 0.3 is 19.4 Å². The number of aliphatic carboxylic acids is 1. The predicted molar refractivity (Wildman–Crippen MR) is 125 cm³/mol. The topological polar surface area (TPSA) is 189 Å². The molecule has 36 heavy (non-hydrogen) atoms. The number of nitrogens with zero attached hydrogens (tertiary/aromatic N) is 1. The van der Waals surface area contributed by atoms with E-state index in [0.717, 1.165) is 16.8 Å². The number of hydrogen-bond donors (Lipinski definition) is 5. The maximum atomic E-state index is 13.6. The number of para-hydroxylation sites is 1. The van der Waals surface area contributed by atoms with E-state index in [9.17, 15) is 34.3 Å². The molecule has 0 amide bonds. The van der Waals surface area contributed by atoms with Crippen molar-refractivity contribution >= 4 is 13.7 Å². The maximum absolute atomic E-state index is 13.6. The van der Waals surface area contributed by atoms with E-state index in [2.05, 4.69) is 5.09 Å². The fourth-order valence-corrected chi connectivity index (χ4v) is 5.17. The van der Waals surface area contributed by atoms with Gasteiger partial charge in [-0.15, -0.1) is 6.42 Å². The summed E-state index contributed by atoms with van der Waals surface area (Å²) in [6.45, 7) is 2.14. The summed E-state index contributed by atoms with van der Waals surface area (Å²) in [5.74, 6) is 0.772. The number of benzene rings is 1. The lowest BCUT2D eigenvalue weighted by Gasteiger charge is -2.30. The van der Waals surface area contributed by atoms with E-state index < -0.39 is 61.1 Å². The highest BCUT2D eigenvalue weighted by atomic mass is 31.2. The van der Waals surface area contributed by atoms with Crippen LogP contribution < -0.4 is 20.9 Å². The number of nitrogens with one attached hydrogen (secondary N) is 2. The van der Waals surface area contributed by atoms with Crippen molar-refractivity contribution in [2.75, 3.05) is 6.61 Å². The summed E-state index contributed by atoms with van der Waals surface area (Å²) in [6, 6.07) is 8.80. The van der Waals surface area contributed by atoms with Gasteiger partial charge in [0.15, 0.2) is 11.8 Å². The van der Waals surface area contributed by atoms with E-state index in [-0.39, 0.29) is 12.2 Å². The van der Waals surface area contributed by atoms with Crippen LogP contribution in [0.2, 0.25) is 0 Å². The van der Waals surface area contributed by atoms with Gasteiger partial charge in [-0.2, -0.15) is 5.09 Å². The van der Waals surface area contributed by atoms with Crippen LogP contribution in [0.25, 0.3) is 0 Å². The number of aliphatic hydroxyl groups excluding tert-OH is 1. The quantitative estimate of drug-likeness (QED) is 0.211. The molecule has 0 spiro atoms. The van der Waals surface area contributed by atoms with Crippen molar-refractivity contribution in [3.63, 3.8) is 0 Å². The molecule has 5 N–H and O–H groups in total. The highest BCUT2D eigenvalue weighted by Gasteiger charge is 2.56. The van der Waals surface area contributed by atoms with Crippen LogP contribution in [0.1, 0.15) is 26.5 Å². The van der Waals surface area contributed by atoms with Crippen LogP contribution in [0.3, 0.4) is 0 Å². The van der Waals surface area contributed by atoms with Gasteiger partial charge in [-0.05, 0) is 25.5 Å². The molecule has 0 radical (unpaired) electrons. The minimum Gasteiger partial charge on any atom is -0.480 e. The number of hydrogen-bond acceptors (Lipinski definition) is 9. The third-order valence-electron chi connectivity index (χ3n) is 5.76. The number of terminal acetylenes is 1. The zero-order valence-corrected chi connectivity index (χ0v) is 20.3. The van der Waals surface area contributed by atoms with Crippen LogP contribution in [0.5, 0.6) is 5.75 Å². The first-order valence-corrected chi connectivity index (χ1v) is 12.3. The molecule has 3 rings (SSSR count). The Morgan fingerprint density at radius 2 is 2.03 bits per heavy atom. The fraction of sp³-hybridized carbons (Fsp3) is 0.409. The second-order valence-corrected chi connectivity index (χ2v) is 9.92. The summed E-state index contributed by atoms with van der Waals surface area (Å²) < 4.78 is 31.0. The summed E-state index contributed by atoms with van der Waals surface area (Å²) in [4.78, 5) is 37.4. The van der Waals surface area contributed by atoms with Gasteiger partial charge in [0.25, 0.3) is 5.56 Å². The first kappa shape index (κ1) is 27.3. The summed E-state index contributed by atoms with van der Waals surface area (Å²) in [5, 5.41) is 33.6. The lowest BCUT2D eigenvalue weighted by atomic mass is 9.95. The summed E-state index contributed by atoms with van der Waals surface area (Å²) in [6.07, 6.45) is 1.53. The number of aromatic amines is 1. The molecule has 0 aliphatic carbocycles. The van der Waals surface area contributed by atoms with Crippen LogP contribution in [0.15, 0.2) is 52.2 Å². The predicted octanol–water partition coefficient (Wildman–Crippen LogP) is 0.206. The molecular formula is C22H26N3O10P. The second kappa shape index (κ2) is 10.4. The molecule has 14 heteroatoms. The van der Waals surface area contributed by atoms with Gasteiger partial charge < -0.3 is 24.6 Å². The number of ether oxygens (including phenoxy) is 1. The number of carboxylic acids is 1. The minimum atomic E-state index is -4.44. The van der Waals surface area contributed by atoms with Crippen molar-refractivity contribution in [2.24, 2.45) is 0 Å². The first-order valence-electron chi connectivity index (χ1n) is 10.7. The van der Waals surface area contributed by atoms with Gasteiger partial charge in [-0.1, -0.05) is 31.0 Å². The SMILES string of the molecule is C#C[C@@]1(O)[C@H](O)[C@@H](COP(=O)(N[C@@](C)(CC)C(=O)O)Oc2ccccc2)O[C@H]1n1ccc(=O)[nH]c1=O. The normalized spacial score (nSPS) is 26.9. The van der Waals surface area contributed by atoms with E-state index >= 15 is 0 Å². The van der Waals surface area contributed by atoms with Crippen molar-refractivity contribution in [1.29, 1.82) is 0 Å². The smallest absolute Gasteiger partial charge is 0.459 e. The molecule has 2 heterocycles. The van der Waals surface area contributed by atoms with E-state index in [1.54, 1.807) is 25.1 Å². The third-order valence-corrected chi connectivity index (χ3v) is 7.47. The van der Waals surface area contributed by atoms with Gasteiger partial charge in [0.05, 0.1) is 6.61 Å². The van der Waals surface area contributed by atoms with Crippen LogP contribution >= 0.6 is 7.75 Å². The van der Waals surface area contributed by atoms with Gasteiger partial charge in [0.2, 0.25) is 0 Å². The molecule has 0 saturated carbocycles. The molecular weight excluding hydrogens is 497 g/mol. The lowest BCUT2D eigenvalue weighted by Crippen LogP contribution is -2.49. The Balaban J connectivity index is 1.89. The molecule has 1 aromatic heterocycles. The van der Waals surface area contributed by atoms with E-state index in [1.807, 2.05) is 10.9 Å². The van der Waals surface area contributed by atoms with Gasteiger partial charge in [-0.3, -0.25) is 23.7 Å². The molecule has 1 saturated heterocycles. The highest BCUT2D eigenvalue weighted by Crippen LogP contribution is 2.48. The standard InChI is InChI=1S/C22H26N3O10P/c1-4-21(3,19(28)29)24-36(32,35-14-9-7-6-8-10-14)33-13-15-17(27)22(31,5-2)18(34-15)25-12-11-16(26)23-20(25)30/h2,6-12,15,17-18,27,31H,4,13H2,1,3H3,(H,24,32)(H,28,29)(H,23,26,30)/t15-,17-,18-,21+,22-,36?/m1/s1. The maximum Gasteiger partial charge on any atom is 0.459 e. The Morgan fingerprint density at radius 3 is 2.58 bits per heavy atom. The van der Waals surface area contributed by atoms with E-state index in [1.165, 1.54) is 19.1 Å². The second-order valence-electron chi connectivity index (χ2n) is 8.26. The molecule has 1 aromatic carbocycles. The fourth-order valence-electron chi connectivity index (χ4n) is 3.40. The molecule has 2 aromatic rings. The van der Waals surface area contributed by atoms with Crippen molar-refractivity contribution in [1.82, 2.24) is 14.6 Å². The molecule has 194 valence electrons. The van der Waals surface area contributed by atoms with Crippen molar-refractivity contribution < 1.29 is 38.5 Å². The summed E-state index contributed by atoms with van der Waals surface area (Å²) >= 11 is 0. The zero-order chi connectivity index (χ0) is 26.7. The summed E-state index contributed by atoms with van der Waals surface area (Å²) in [7, 11) is -4.44. The number of carboxylic acid groups (broad SMARTS) is 1. The molecule has 1 aliphatic heterocycles. The Bertz CT molecular complexity index is 1310. The monoisotopic (exact) mass is 523 g/mol. The number of carbonyl (C=O) groups is 1. The summed E-state index contributed by atoms with van der Waals surface area (Å²) in [5.41, 5.74) is -5.83. The van der Waals surface area contributed by atoms with Gasteiger partial charge in [-0.25, -0.2) is 9.36 Å². The van der Waals surface area contributed by atoms with Crippen LogP contribution in [0.4, 0.5) is 0 Å². The Morgan fingerprint density at radius 1 is 1.36 bits per heavy atom. The van der Waals surface area contributed by atoms with Crippen LogP contribution in [-0.4, -0.2) is 60.8 Å². The first-order chi connectivity index (χ1) is 16.9. The van der Waals surface area contributed by atoms with Crippen molar-refractivity contribution in [2.45, 2.75) is 49.8 Å². The van der Waals surface area contributed by atoms with Crippen LogP contribution in [-0.2, 0) is 18.6 Å². The van der Waals surface area contributed by atoms with Crippen LogP contribution in [0, 0.1) is 12.3 Å². The zero-order valence-electron chi connectivity index (χ0n) is 19.4. The molecule has 1 unspecified atom stereocenters. The molecule has 1 fully saturated rings. The molecule has 0 bridgehead atoms.